The van der Waals surface area contributed by atoms with Crippen molar-refractivity contribution < 1.29 is 14.3 Å². The molecule has 0 aliphatic heterocycles. The van der Waals surface area contributed by atoms with Gasteiger partial charge in [0.25, 0.3) is 0 Å². The van der Waals surface area contributed by atoms with Crippen LogP contribution >= 0.6 is 0 Å². The van der Waals surface area contributed by atoms with Gasteiger partial charge in [0.15, 0.2) is 0 Å². The van der Waals surface area contributed by atoms with Gasteiger partial charge in [-0.25, -0.2) is 4.79 Å². The topological polar surface area (TPSA) is 55.4 Å². The van der Waals surface area contributed by atoms with Crippen LogP contribution in [0.15, 0.2) is 24.3 Å². The summed E-state index contributed by atoms with van der Waals surface area (Å²) in [6.45, 7) is 0. The van der Waals surface area contributed by atoms with E-state index in [4.69, 9.17) is 6.42 Å². The number of hydrogen-bond donors (Lipinski definition) is 1. The van der Waals surface area contributed by atoms with Crippen LogP contribution in [0.2, 0.25) is 0 Å². The molecule has 4 nitrogen and oxygen atoms in total. The molecule has 4 heteroatoms. The van der Waals surface area contributed by atoms with Gasteiger partial charge in [-0.3, -0.25) is 4.79 Å². The zero-order chi connectivity index (χ0) is 14.1. The lowest BCUT2D eigenvalue weighted by molar-refractivity contribution is -0.116. The zero-order valence-corrected chi connectivity index (χ0v) is 10.9. The summed E-state index contributed by atoms with van der Waals surface area (Å²) in [5.41, 5.74) is 0.998. The van der Waals surface area contributed by atoms with Crippen molar-refractivity contribution in [3.8, 4) is 12.3 Å². The van der Waals surface area contributed by atoms with E-state index in [9.17, 15) is 9.59 Å². The summed E-state index contributed by atoms with van der Waals surface area (Å²) < 4.78 is 4.62. The maximum Gasteiger partial charge on any atom is 0.337 e. The highest BCUT2D eigenvalue weighted by Crippen LogP contribution is 2.12. The summed E-state index contributed by atoms with van der Waals surface area (Å²) in [7, 11) is 1.32. The standard InChI is InChI=1S/C15H17NO3/c1-3-4-5-6-10-14(17)16-13-9-7-8-12(11-13)15(18)19-2/h1,7-9,11H,4-6,10H2,2H3,(H,16,17). The predicted octanol–water partition coefficient (Wildman–Crippen LogP) is 2.61. The number of ether oxygens (including phenoxy) is 1. The molecular weight excluding hydrogens is 242 g/mol. The van der Waals surface area contributed by atoms with Gasteiger partial charge in [-0.2, -0.15) is 0 Å². The average Bonchev–Trinajstić information content (AvgIpc) is 2.43. The summed E-state index contributed by atoms with van der Waals surface area (Å²) in [6.07, 6.45) is 7.84. The lowest BCUT2D eigenvalue weighted by atomic mass is 10.1. The molecule has 0 saturated heterocycles. The average molecular weight is 259 g/mol. The van der Waals surface area contributed by atoms with Crippen molar-refractivity contribution in [2.45, 2.75) is 25.7 Å². The van der Waals surface area contributed by atoms with Gasteiger partial charge in [0.2, 0.25) is 5.91 Å². The largest absolute Gasteiger partial charge is 0.465 e. The number of amides is 1. The number of terminal acetylenes is 1. The molecule has 0 heterocycles. The van der Waals surface area contributed by atoms with Gasteiger partial charge in [0, 0.05) is 18.5 Å². The summed E-state index contributed by atoms with van der Waals surface area (Å²) in [6, 6.07) is 6.64. The molecule has 19 heavy (non-hydrogen) atoms. The van der Waals surface area contributed by atoms with Crippen LogP contribution in [0.5, 0.6) is 0 Å². The smallest absolute Gasteiger partial charge is 0.337 e. The molecule has 0 bridgehead atoms. The first-order valence-corrected chi connectivity index (χ1v) is 6.09. The normalized spacial score (nSPS) is 9.47. The zero-order valence-electron chi connectivity index (χ0n) is 10.9. The first-order chi connectivity index (χ1) is 9.17. The van der Waals surface area contributed by atoms with Crippen LogP contribution in [0.1, 0.15) is 36.0 Å². The molecule has 0 saturated carbocycles. The first-order valence-electron chi connectivity index (χ1n) is 6.09. The fourth-order valence-electron chi connectivity index (χ4n) is 1.58. The molecule has 0 spiro atoms. The van der Waals surface area contributed by atoms with E-state index < -0.39 is 5.97 Å². The number of methoxy groups -OCH3 is 1. The highest BCUT2D eigenvalue weighted by atomic mass is 16.5. The minimum absolute atomic E-state index is 0.0842. The number of esters is 1. The predicted molar refractivity (Wildman–Crippen MR) is 73.7 cm³/mol. The van der Waals surface area contributed by atoms with Gasteiger partial charge in [0.05, 0.1) is 12.7 Å². The fourth-order valence-corrected chi connectivity index (χ4v) is 1.58. The van der Waals surface area contributed by atoms with Crippen molar-refractivity contribution >= 4 is 17.6 Å². The molecule has 0 atom stereocenters. The van der Waals surface area contributed by atoms with Gasteiger partial charge in [0.1, 0.15) is 0 Å². The van der Waals surface area contributed by atoms with E-state index in [-0.39, 0.29) is 5.91 Å². The Morgan fingerprint density at radius 1 is 1.37 bits per heavy atom. The molecule has 0 unspecified atom stereocenters. The molecule has 0 fully saturated rings. The third kappa shape index (κ3) is 5.26. The lowest BCUT2D eigenvalue weighted by Crippen LogP contribution is -2.11. The molecule has 0 aliphatic rings. The Bertz CT molecular complexity index is 488. The molecule has 100 valence electrons. The molecular formula is C15H17NO3. The number of rotatable bonds is 6. The number of carbonyl (C=O) groups excluding carboxylic acids is 2. The van der Waals surface area contributed by atoms with Crippen molar-refractivity contribution in [3.63, 3.8) is 0 Å². The highest BCUT2D eigenvalue weighted by Gasteiger charge is 2.07. The van der Waals surface area contributed by atoms with Gasteiger partial charge >= 0.3 is 5.97 Å². The minimum atomic E-state index is -0.426. The molecule has 1 amide bonds. The second kappa shape index (κ2) is 7.93. The van der Waals surface area contributed by atoms with Crippen molar-refractivity contribution in [2.75, 3.05) is 12.4 Å². The molecule has 1 rings (SSSR count). The second-order valence-corrected chi connectivity index (χ2v) is 4.03. The molecule has 0 radical (unpaired) electrons. The van der Waals surface area contributed by atoms with Gasteiger partial charge in [-0.15, -0.1) is 12.3 Å². The third-order valence-corrected chi connectivity index (χ3v) is 2.54. The first kappa shape index (κ1) is 14.8. The van der Waals surface area contributed by atoms with E-state index in [0.717, 1.165) is 12.8 Å². The summed E-state index contributed by atoms with van der Waals surface area (Å²) >= 11 is 0. The van der Waals surface area contributed by atoms with E-state index in [1.807, 2.05) is 0 Å². The molecule has 1 N–H and O–H groups in total. The van der Waals surface area contributed by atoms with Crippen molar-refractivity contribution in [1.29, 1.82) is 0 Å². The fraction of sp³-hybridized carbons (Fsp3) is 0.333. The van der Waals surface area contributed by atoms with Gasteiger partial charge < -0.3 is 10.1 Å². The summed E-state index contributed by atoms with van der Waals surface area (Å²) in [5, 5.41) is 2.74. The lowest BCUT2D eigenvalue weighted by Gasteiger charge is -2.06. The number of hydrogen-bond acceptors (Lipinski definition) is 3. The van der Waals surface area contributed by atoms with Crippen molar-refractivity contribution in [1.82, 2.24) is 0 Å². The summed E-state index contributed by atoms with van der Waals surface area (Å²) in [5.74, 6) is 2.02. The molecule has 1 aromatic rings. The van der Waals surface area contributed by atoms with E-state index in [0.29, 0.717) is 24.1 Å². The third-order valence-electron chi connectivity index (χ3n) is 2.54. The number of anilines is 1. The maximum absolute atomic E-state index is 11.6. The Balaban J connectivity index is 2.50. The number of unbranched alkanes of at least 4 members (excludes halogenated alkanes) is 2. The van der Waals surface area contributed by atoms with E-state index in [1.54, 1.807) is 24.3 Å². The van der Waals surface area contributed by atoms with Crippen LogP contribution in [0.25, 0.3) is 0 Å². The summed E-state index contributed by atoms with van der Waals surface area (Å²) in [4.78, 5) is 23.0. The van der Waals surface area contributed by atoms with Gasteiger partial charge in [-0.05, 0) is 31.0 Å². The highest BCUT2D eigenvalue weighted by molar-refractivity contribution is 5.94. The quantitative estimate of drug-likeness (QED) is 0.485. The van der Waals surface area contributed by atoms with Crippen molar-refractivity contribution in [3.05, 3.63) is 29.8 Å². The van der Waals surface area contributed by atoms with Crippen LogP contribution in [-0.2, 0) is 9.53 Å². The van der Waals surface area contributed by atoms with Crippen LogP contribution in [-0.4, -0.2) is 19.0 Å². The van der Waals surface area contributed by atoms with Crippen molar-refractivity contribution in [2.24, 2.45) is 0 Å². The number of benzene rings is 1. The van der Waals surface area contributed by atoms with Gasteiger partial charge in [-0.1, -0.05) is 6.07 Å². The maximum atomic E-state index is 11.6. The molecule has 0 aliphatic carbocycles. The monoisotopic (exact) mass is 259 g/mol. The van der Waals surface area contributed by atoms with E-state index >= 15 is 0 Å². The van der Waals surface area contributed by atoms with Crippen LogP contribution in [0.3, 0.4) is 0 Å². The molecule has 0 aromatic heterocycles. The van der Waals surface area contributed by atoms with Crippen LogP contribution in [0, 0.1) is 12.3 Å². The Kier molecular flexibility index (Phi) is 6.17. The Morgan fingerprint density at radius 2 is 2.16 bits per heavy atom. The SMILES string of the molecule is C#CCCCCC(=O)Nc1cccc(C(=O)OC)c1. The number of carbonyl (C=O) groups is 2. The van der Waals surface area contributed by atoms with E-state index in [2.05, 4.69) is 16.0 Å². The molecule has 1 aromatic carbocycles. The van der Waals surface area contributed by atoms with Crippen LogP contribution in [0.4, 0.5) is 5.69 Å². The minimum Gasteiger partial charge on any atom is -0.465 e. The van der Waals surface area contributed by atoms with E-state index in [1.165, 1.54) is 7.11 Å². The van der Waals surface area contributed by atoms with Crippen LogP contribution < -0.4 is 5.32 Å². The second-order valence-electron chi connectivity index (χ2n) is 4.03. The Labute approximate surface area is 113 Å². The Morgan fingerprint density at radius 3 is 2.84 bits per heavy atom. The number of nitrogens with one attached hydrogen (secondary N) is 1. The Hall–Kier alpha value is -2.28.